The molecule has 19 heavy (non-hydrogen) atoms. The van der Waals surface area contributed by atoms with Crippen LogP contribution in [0.4, 0.5) is 11.4 Å². The number of benzene rings is 1. The standard InChI is InChI=1S/C15H20N2OS/c18-15-7-2-8-17(15)14-6-1-4-12(10-14)16-13-5-3-9-19-11-13/h1,4,6,10,13,16H,2-3,5,7-9,11H2. The molecule has 102 valence electrons. The molecule has 1 aromatic rings. The minimum atomic E-state index is 0.255. The van der Waals surface area contributed by atoms with Crippen molar-refractivity contribution < 1.29 is 4.79 Å². The van der Waals surface area contributed by atoms with E-state index in [1.807, 2.05) is 28.8 Å². The molecule has 0 aliphatic carbocycles. The summed E-state index contributed by atoms with van der Waals surface area (Å²) in [5.74, 6) is 2.73. The average molecular weight is 276 g/mol. The van der Waals surface area contributed by atoms with E-state index in [0.29, 0.717) is 12.5 Å². The Morgan fingerprint density at radius 3 is 3.00 bits per heavy atom. The summed E-state index contributed by atoms with van der Waals surface area (Å²) in [6, 6.07) is 8.86. The highest BCUT2D eigenvalue weighted by molar-refractivity contribution is 7.99. The van der Waals surface area contributed by atoms with E-state index in [9.17, 15) is 4.79 Å². The Kier molecular flexibility index (Phi) is 3.97. The lowest BCUT2D eigenvalue weighted by Gasteiger charge is -2.24. The molecule has 1 aromatic carbocycles. The second-order valence-electron chi connectivity index (χ2n) is 5.26. The first-order valence-electron chi connectivity index (χ1n) is 7.08. The molecule has 3 rings (SSSR count). The molecule has 2 saturated heterocycles. The molecule has 0 spiro atoms. The lowest BCUT2D eigenvalue weighted by Crippen LogP contribution is -2.26. The third-order valence-electron chi connectivity index (χ3n) is 3.76. The fourth-order valence-electron chi connectivity index (χ4n) is 2.77. The maximum absolute atomic E-state index is 11.8. The number of carbonyl (C=O) groups excluding carboxylic acids is 1. The van der Waals surface area contributed by atoms with E-state index in [0.717, 1.165) is 24.3 Å². The normalized spacial score (nSPS) is 23.7. The van der Waals surface area contributed by atoms with Crippen molar-refractivity contribution >= 4 is 29.0 Å². The van der Waals surface area contributed by atoms with Crippen LogP contribution in [0, 0.1) is 0 Å². The summed E-state index contributed by atoms with van der Waals surface area (Å²) >= 11 is 2.03. The van der Waals surface area contributed by atoms with Gasteiger partial charge in [-0.2, -0.15) is 11.8 Å². The van der Waals surface area contributed by atoms with E-state index in [4.69, 9.17) is 0 Å². The van der Waals surface area contributed by atoms with E-state index >= 15 is 0 Å². The van der Waals surface area contributed by atoms with Gasteiger partial charge in [-0.15, -0.1) is 0 Å². The molecule has 2 aliphatic heterocycles. The van der Waals surface area contributed by atoms with Crippen LogP contribution in [0.5, 0.6) is 0 Å². The molecule has 0 radical (unpaired) electrons. The van der Waals surface area contributed by atoms with Gasteiger partial charge in [0.25, 0.3) is 0 Å². The van der Waals surface area contributed by atoms with Gasteiger partial charge < -0.3 is 10.2 Å². The fourth-order valence-corrected chi connectivity index (χ4v) is 3.85. The number of thioether (sulfide) groups is 1. The van der Waals surface area contributed by atoms with Gasteiger partial charge in [-0.25, -0.2) is 0 Å². The number of anilines is 2. The van der Waals surface area contributed by atoms with Crippen LogP contribution in [-0.2, 0) is 4.79 Å². The minimum absolute atomic E-state index is 0.255. The van der Waals surface area contributed by atoms with Crippen molar-refractivity contribution in [1.29, 1.82) is 0 Å². The smallest absolute Gasteiger partial charge is 0.227 e. The molecule has 0 saturated carbocycles. The lowest BCUT2D eigenvalue weighted by molar-refractivity contribution is -0.117. The quantitative estimate of drug-likeness (QED) is 0.920. The summed E-state index contributed by atoms with van der Waals surface area (Å²) in [7, 11) is 0. The number of amides is 1. The molecule has 4 heteroatoms. The van der Waals surface area contributed by atoms with Gasteiger partial charge in [0.1, 0.15) is 0 Å². The zero-order valence-electron chi connectivity index (χ0n) is 11.1. The van der Waals surface area contributed by atoms with Crippen LogP contribution in [0.1, 0.15) is 25.7 Å². The van der Waals surface area contributed by atoms with Gasteiger partial charge in [-0.1, -0.05) is 6.07 Å². The molecule has 1 amide bonds. The number of nitrogens with one attached hydrogen (secondary N) is 1. The third-order valence-corrected chi connectivity index (χ3v) is 4.98. The van der Waals surface area contributed by atoms with E-state index in [1.165, 1.54) is 24.3 Å². The van der Waals surface area contributed by atoms with Crippen LogP contribution >= 0.6 is 11.8 Å². The summed E-state index contributed by atoms with van der Waals surface area (Å²) in [5, 5.41) is 3.60. The van der Waals surface area contributed by atoms with Gasteiger partial charge >= 0.3 is 0 Å². The van der Waals surface area contributed by atoms with Gasteiger partial charge in [-0.3, -0.25) is 4.79 Å². The maximum Gasteiger partial charge on any atom is 0.227 e. The Bertz CT molecular complexity index is 457. The highest BCUT2D eigenvalue weighted by Crippen LogP contribution is 2.26. The highest BCUT2D eigenvalue weighted by Gasteiger charge is 2.22. The van der Waals surface area contributed by atoms with Crippen LogP contribution < -0.4 is 10.2 Å². The van der Waals surface area contributed by atoms with Gasteiger partial charge in [0.05, 0.1) is 0 Å². The van der Waals surface area contributed by atoms with Crippen molar-refractivity contribution in [2.75, 3.05) is 28.3 Å². The topological polar surface area (TPSA) is 32.3 Å². The predicted molar refractivity (Wildman–Crippen MR) is 82.0 cm³/mol. The first kappa shape index (κ1) is 12.9. The number of rotatable bonds is 3. The number of hydrogen-bond donors (Lipinski definition) is 1. The van der Waals surface area contributed by atoms with E-state index < -0.39 is 0 Å². The van der Waals surface area contributed by atoms with Crippen molar-refractivity contribution in [1.82, 2.24) is 0 Å². The van der Waals surface area contributed by atoms with E-state index in [-0.39, 0.29) is 5.91 Å². The SMILES string of the molecule is O=C1CCCN1c1cccc(NC2CCCSC2)c1. The van der Waals surface area contributed by atoms with Gasteiger partial charge in [0, 0.05) is 36.1 Å². The molecule has 1 atom stereocenters. The van der Waals surface area contributed by atoms with Crippen molar-refractivity contribution in [2.24, 2.45) is 0 Å². The summed E-state index contributed by atoms with van der Waals surface area (Å²) in [5.41, 5.74) is 2.18. The minimum Gasteiger partial charge on any atom is -0.381 e. The van der Waals surface area contributed by atoms with Crippen LogP contribution in [0.15, 0.2) is 24.3 Å². The van der Waals surface area contributed by atoms with Gasteiger partial charge in [-0.05, 0) is 43.2 Å². The molecule has 1 unspecified atom stereocenters. The Morgan fingerprint density at radius 2 is 2.26 bits per heavy atom. The first-order chi connectivity index (χ1) is 9.33. The second kappa shape index (κ2) is 5.87. The molecular weight excluding hydrogens is 256 g/mol. The van der Waals surface area contributed by atoms with Crippen molar-refractivity contribution in [3.63, 3.8) is 0 Å². The van der Waals surface area contributed by atoms with E-state index in [1.54, 1.807) is 0 Å². The first-order valence-corrected chi connectivity index (χ1v) is 8.23. The van der Waals surface area contributed by atoms with Crippen LogP contribution in [-0.4, -0.2) is 30.0 Å². The average Bonchev–Trinajstić information content (AvgIpc) is 2.86. The summed E-state index contributed by atoms with van der Waals surface area (Å²) < 4.78 is 0. The van der Waals surface area contributed by atoms with Gasteiger partial charge in [0.15, 0.2) is 0 Å². The molecule has 2 aliphatic rings. The number of nitrogens with zero attached hydrogens (tertiary/aromatic N) is 1. The highest BCUT2D eigenvalue weighted by atomic mass is 32.2. The van der Waals surface area contributed by atoms with E-state index in [2.05, 4.69) is 17.4 Å². The zero-order chi connectivity index (χ0) is 13.1. The lowest BCUT2D eigenvalue weighted by atomic mass is 10.1. The predicted octanol–water partition coefficient (Wildman–Crippen LogP) is 3.12. The van der Waals surface area contributed by atoms with Crippen LogP contribution in [0.3, 0.4) is 0 Å². The molecule has 1 N–H and O–H groups in total. The second-order valence-corrected chi connectivity index (χ2v) is 6.41. The van der Waals surface area contributed by atoms with Crippen LogP contribution in [0.2, 0.25) is 0 Å². The summed E-state index contributed by atoms with van der Waals surface area (Å²) in [6.45, 7) is 0.863. The maximum atomic E-state index is 11.8. The Balaban J connectivity index is 1.70. The molecular formula is C15H20N2OS. The number of hydrogen-bond acceptors (Lipinski definition) is 3. The Morgan fingerprint density at radius 1 is 1.32 bits per heavy atom. The molecule has 3 nitrogen and oxygen atoms in total. The third kappa shape index (κ3) is 3.06. The Hall–Kier alpha value is -1.16. The molecule has 2 fully saturated rings. The zero-order valence-corrected chi connectivity index (χ0v) is 11.9. The Labute approximate surface area is 118 Å². The largest absolute Gasteiger partial charge is 0.381 e. The fraction of sp³-hybridized carbons (Fsp3) is 0.533. The summed E-state index contributed by atoms with van der Waals surface area (Å²) in [4.78, 5) is 13.7. The van der Waals surface area contributed by atoms with Crippen molar-refractivity contribution in [3.8, 4) is 0 Å². The van der Waals surface area contributed by atoms with Crippen molar-refractivity contribution in [3.05, 3.63) is 24.3 Å². The monoisotopic (exact) mass is 276 g/mol. The number of carbonyl (C=O) groups is 1. The van der Waals surface area contributed by atoms with Crippen LogP contribution in [0.25, 0.3) is 0 Å². The molecule has 0 aromatic heterocycles. The summed E-state index contributed by atoms with van der Waals surface area (Å²) in [6.07, 6.45) is 4.22. The molecule has 2 heterocycles. The van der Waals surface area contributed by atoms with Gasteiger partial charge in [0.2, 0.25) is 5.91 Å². The van der Waals surface area contributed by atoms with Crippen molar-refractivity contribution in [2.45, 2.75) is 31.7 Å². The molecule has 0 bridgehead atoms.